The minimum absolute atomic E-state index is 0.0622. The van der Waals surface area contributed by atoms with Crippen molar-refractivity contribution in [2.75, 3.05) is 13.2 Å². The summed E-state index contributed by atoms with van der Waals surface area (Å²) in [5, 5.41) is 1.08. The molecule has 0 N–H and O–H groups in total. The maximum atomic E-state index is 12.5. The monoisotopic (exact) mass is 411 g/mol. The Kier molecular flexibility index (Phi) is 5.58. The van der Waals surface area contributed by atoms with Crippen molar-refractivity contribution in [2.45, 2.75) is 32.2 Å². The Labute approximate surface area is 173 Å². The number of halogens is 1. The van der Waals surface area contributed by atoms with Gasteiger partial charge in [-0.15, -0.1) is 0 Å². The van der Waals surface area contributed by atoms with Crippen LogP contribution >= 0.6 is 11.6 Å². The molecule has 1 aromatic heterocycles. The van der Waals surface area contributed by atoms with E-state index in [2.05, 4.69) is 6.92 Å². The number of fused-ring (bicyclic) bond motifs is 1. The fourth-order valence-electron chi connectivity index (χ4n) is 3.82. The van der Waals surface area contributed by atoms with Crippen molar-refractivity contribution in [3.05, 3.63) is 64.0 Å². The van der Waals surface area contributed by atoms with Crippen LogP contribution in [0.25, 0.3) is 22.1 Å². The first-order chi connectivity index (χ1) is 14.0. The lowest BCUT2D eigenvalue weighted by molar-refractivity contribution is -0.136. The van der Waals surface area contributed by atoms with E-state index in [1.54, 1.807) is 12.1 Å². The number of rotatable bonds is 4. The second-order valence-electron chi connectivity index (χ2n) is 7.34. The Morgan fingerprint density at radius 2 is 2.00 bits per heavy atom. The van der Waals surface area contributed by atoms with E-state index in [-0.39, 0.29) is 18.6 Å². The fourth-order valence-corrected chi connectivity index (χ4v) is 4.04. The Bertz CT molecular complexity index is 1090. The van der Waals surface area contributed by atoms with Gasteiger partial charge in [0.15, 0.2) is 6.61 Å². The zero-order valence-corrected chi connectivity index (χ0v) is 16.9. The normalized spacial score (nSPS) is 16.8. The molecule has 1 atom stereocenters. The van der Waals surface area contributed by atoms with Gasteiger partial charge in [0.25, 0.3) is 5.91 Å². The Morgan fingerprint density at radius 1 is 1.21 bits per heavy atom. The third kappa shape index (κ3) is 4.15. The van der Waals surface area contributed by atoms with E-state index < -0.39 is 5.63 Å². The summed E-state index contributed by atoms with van der Waals surface area (Å²) in [4.78, 5) is 26.5. The van der Waals surface area contributed by atoms with Gasteiger partial charge in [0.1, 0.15) is 11.3 Å². The van der Waals surface area contributed by atoms with Gasteiger partial charge in [0.2, 0.25) is 0 Å². The molecule has 0 aliphatic carbocycles. The highest BCUT2D eigenvalue weighted by Crippen LogP contribution is 2.34. The molecular formula is C23H22ClNO4. The molecule has 29 heavy (non-hydrogen) atoms. The molecule has 1 fully saturated rings. The van der Waals surface area contributed by atoms with Gasteiger partial charge in [-0.25, -0.2) is 4.79 Å². The predicted molar refractivity (Wildman–Crippen MR) is 113 cm³/mol. The Morgan fingerprint density at radius 3 is 2.76 bits per heavy atom. The average Bonchev–Trinajstić information content (AvgIpc) is 2.73. The second-order valence-corrected chi connectivity index (χ2v) is 7.75. The summed E-state index contributed by atoms with van der Waals surface area (Å²) in [5.41, 5.74) is 1.55. The smallest absolute Gasteiger partial charge is 0.336 e. The number of ether oxygens (including phenoxy) is 1. The first-order valence-corrected chi connectivity index (χ1v) is 10.2. The summed E-state index contributed by atoms with van der Waals surface area (Å²) in [6, 6.07) is 14.5. The van der Waals surface area contributed by atoms with Crippen LogP contribution in [0.1, 0.15) is 26.2 Å². The average molecular weight is 412 g/mol. The molecule has 1 amide bonds. The molecule has 1 unspecified atom stereocenters. The number of piperidine rings is 1. The molecule has 0 radical (unpaired) electrons. The number of carbonyl (C=O) groups is 1. The summed E-state index contributed by atoms with van der Waals surface area (Å²) in [7, 11) is 0. The number of benzene rings is 2. The molecule has 1 saturated heterocycles. The molecule has 6 heteroatoms. The zero-order chi connectivity index (χ0) is 20.4. The van der Waals surface area contributed by atoms with Crippen LogP contribution in [0.4, 0.5) is 0 Å². The molecule has 150 valence electrons. The molecule has 0 saturated carbocycles. The van der Waals surface area contributed by atoms with Crippen LogP contribution in [0.15, 0.2) is 57.7 Å². The lowest BCUT2D eigenvalue weighted by Gasteiger charge is -2.33. The third-order valence-electron chi connectivity index (χ3n) is 5.36. The molecule has 4 rings (SSSR count). The van der Waals surface area contributed by atoms with E-state index in [0.717, 1.165) is 36.9 Å². The van der Waals surface area contributed by atoms with Gasteiger partial charge in [0.05, 0.1) is 5.02 Å². The standard InChI is InChI=1S/C23H22ClNO4/c1-15-7-5-6-10-25(15)22(26)14-28-21-13-20-18(11-19(21)24)17(12-23(27)29-20)16-8-3-2-4-9-16/h2-4,8-9,11-13,15H,5-7,10,14H2,1H3. The van der Waals surface area contributed by atoms with E-state index in [0.29, 0.717) is 21.7 Å². The van der Waals surface area contributed by atoms with Gasteiger partial charge in [0, 0.05) is 30.1 Å². The highest BCUT2D eigenvalue weighted by molar-refractivity contribution is 6.33. The van der Waals surface area contributed by atoms with Crippen LogP contribution in [0.2, 0.25) is 5.02 Å². The quantitative estimate of drug-likeness (QED) is 0.573. The number of amides is 1. The molecular weight excluding hydrogens is 390 g/mol. The summed E-state index contributed by atoms with van der Waals surface area (Å²) < 4.78 is 11.1. The molecule has 1 aliphatic heterocycles. The van der Waals surface area contributed by atoms with Crippen molar-refractivity contribution in [2.24, 2.45) is 0 Å². The Balaban J connectivity index is 1.62. The maximum absolute atomic E-state index is 12.5. The van der Waals surface area contributed by atoms with E-state index in [1.165, 1.54) is 6.07 Å². The minimum atomic E-state index is -0.456. The van der Waals surface area contributed by atoms with Gasteiger partial charge in [-0.3, -0.25) is 4.79 Å². The van der Waals surface area contributed by atoms with Crippen LogP contribution in [0.3, 0.4) is 0 Å². The summed E-state index contributed by atoms with van der Waals surface area (Å²) in [6.07, 6.45) is 3.17. The third-order valence-corrected chi connectivity index (χ3v) is 5.65. The van der Waals surface area contributed by atoms with Crippen molar-refractivity contribution < 1.29 is 13.9 Å². The number of nitrogens with zero attached hydrogens (tertiary/aromatic N) is 1. The van der Waals surface area contributed by atoms with Crippen LogP contribution in [-0.4, -0.2) is 30.0 Å². The summed E-state index contributed by atoms with van der Waals surface area (Å²) in [6.45, 7) is 2.71. The first-order valence-electron chi connectivity index (χ1n) is 9.78. The largest absolute Gasteiger partial charge is 0.482 e. The highest BCUT2D eigenvalue weighted by atomic mass is 35.5. The van der Waals surface area contributed by atoms with Crippen LogP contribution in [0.5, 0.6) is 5.75 Å². The van der Waals surface area contributed by atoms with E-state index >= 15 is 0 Å². The van der Waals surface area contributed by atoms with Crippen molar-refractivity contribution in [1.82, 2.24) is 4.90 Å². The van der Waals surface area contributed by atoms with Crippen molar-refractivity contribution in [3.8, 4) is 16.9 Å². The molecule has 3 aromatic rings. The van der Waals surface area contributed by atoms with Gasteiger partial charge in [-0.2, -0.15) is 0 Å². The first kappa shape index (κ1) is 19.5. The van der Waals surface area contributed by atoms with Gasteiger partial charge >= 0.3 is 5.63 Å². The van der Waals surface area contributed by atoms with Crippen LogP contribution < -0.4 is 10.4 Å². The summed E-state index contributed by atoms with van der Waals surface area (Å²) in [5.74, 6) is 0.262. The van der Waals surface area contributed by atoms with E-state index in [4.69, 9.17) is 20.8 Å². The van der Waals surface area contributed by atoms with Gasteiger partial charge in [-0.1, -0.05) is 41.9 Å². The number of hydrogen-bond acceptors (Lipinski definition) is 4. The SMILES string of the molecule is CC1CCCCN1C(=O)COc1cc2oc(=O)cc(-c3ccccc3)c2cc1Cl. The van der Waals surface area contributed by atoms with Crippen LogP contribution in [0, 0.1) is 0 Å². The van der Waals surface area contributed by atoms with Crippen molar-refractivity contribution in [3.63, 3.8) is 0 Å². The Hall–Kier alpha value is -2.79. The van der Waals surface area contributed by atoms with E-state index in [1.807, 2.05) is 35.2 Å². The summed E-state index contributed by atoms with van der Waals surface area (Å²) >= 11 is 6.43. The topological polar surface area (TPSA) is 59.8 Å². The van der Waals surface area contributed by atoms with Crippen molar-refractivity contribution in [1.29, 1.82) is 0 Å². The maximum Gasteiger partial charge on any atom is 0.336 e. The molecule has 5 nitrogen and oxygen atoms in total. The zero-order valence-electron chi connectivity index (χ0n) is 16.2. The number of carbonyl (C=O) groups excluding carboxylic acids is 1. The van der Waals surface area contributed by atoms with Gasteiger partial charge < -0.3 is 14.1 Å². The van der Waals surface area contributed by atoms with Crippen LogP contribution in [-0.2, 0) is 4.79 Å². The minimum Gasteiger partial charge on any atom is -0.482 e. The highest BCUT2D eigenvalue weighted by Gasteiger charge is 2.23. The van der Waals surface area contributed by atoms with Gasteiger partial charge in [-0.05, 0) is 43.4 Å². The number of hydrogen-bond donors (Lipinski definition) is 0. The number of likely N-dealkylation sites (tertiary alicyclic amines) is 1. The molecule has 1 aliphatic rings. The second kappa shape index (κ2) is 8.29. The predicted octanol–water partition coefficient (Wildman–Crippen LogP) is 4.89. The molecule has 0 spiro atoms. The molecule has 0 bridgehead atoms. The molecule has 2 heterocycles. The lowest BCUT2D eigenvalue weighted by Crippen LogP contribution is -2.44. The fraction of sp³-hybridized carbons (Fsp3) is 0.304. The lowest BCUT2D eigenvalue weighted by atomic mass is 10.0. The van der Waals surface area contributed by atoms with Crippen molar-refractivity contribution >= 4 is 28.5 Å². The van der Waals surface area contributed by atoms with E-state index in [9.17, 15) is 9.59 Å². The molecule has 2 aromatic carbocycles.